The first-order valence-corrected chi connectivity index (χ1v) is 5.60. The molecule has 0 aliphatic carbocycles. The first-order valence-electron chi connectivity index (χ1n) is 5.60. The molecule has 1 unspecified atom stereocenters. The average molecular weight is 207 g/mol. The van der Waals surface area contributed by atoms with E-state index in [4.69, 9.17) is 4.74 Å². The number of nitrogens with one attached hydrogen (secondary N) is 1. The van der Waals surface area contributed by atoms with Crippen molar-refractivity contribution in [2.45, 2.75) is 26.4 Å². The second-order valence-corrected chi connectivity index (χ2v) is 3.83. The molecule has 84 valence electrons. The zero-order valence-corrected chi connectivity index (χ0v) is 9.92. The third-order valence-corrected chi connectivity index (χ3v) is 2.36. The molecule has 0 aliphatic heterocycles. The van der Waals surface area contributed by atoms with Crippen LogP contribution in [0.1, 0.15) is 30.6 Å². The maximum atomic E-state index is 5.80. The predicted octanol–water partition coefficient (Wildman–Crippen LogP) is 2.68. The molecule has 1 N–H and O–H groups in total. The zero-order chi connectivity index (χ0) is 11.1. The van der Waals surface area contributed by atoms with Crippen LogP contribution in [0.4, 0.5) is 0 Å². The minimum Gasteiger partial charge on any atom is -0.372 e. The van der Waals surface area contributed by atoms with Gasteiger partial charge in [-0.25, -0.2) is 0 Å². The molecule has 0 amide bonds. The molecule has 15 heavy (non-hydrogen) atoms. The molecule has 0 heterocycles. The van der Waals surface area contributed by atoms with Crippen molar-refractivity contribution in [1.29, 1.82) is 0 Å². The molecule has 0 saturated heterocycles. The normalized spacial score (nSPS) is 12.7. The molecule has 0 spiro atoms. The van der Waals surface area contributed by atoms with Crippen molar-refractivity contribution in [3.63, 3.8) is 0 Å². The van der Waals surface area contributed by atoms with Gasteiger partial charge in [0.2, 0.25) is 0 Å². The van der Waals surface area contributed by atoms with Gasteiger partial charge in [-0.1, -0.05) is 36.8 Å². The van der Waals surface area contributed by atoms with Crippen LogP contribution in [-0.2, 0) is 4.74 Å². The summed E-state index contributed by atoms with van der Waals surface area (Å²) < 4.78 is 5.80. The summed E-state index contributed by atoms with van der Waals surface area (Å²) in [4.78, 5) is 0. The van der Waals surface area contributed by atoms with E-state index in [1.165, 1.54) is 11.1 Å². The van der Waals surface area contributed by atoms with Crippen molar-refractivity contribution in [1.82, 2.24) is 5.32 Å². The Morgan fingerprint density at radius 2 is 1.93 bits per heavy atom. The molecule has 0 radical (unpaired) electrons. The van der Waals surface area contributed by atoms with Gasteiger partial charge in [0.25, 0.3) is 0 Å². The molecule has 2 heteroatoms. The van der Waals surface area contributed by atoms with E-state index < -0.39 is 0 Å². The number of hydrogen-bond donors (Lipinski definition) is 1. The topological polar surface area (TPSA) is 21.3 Å². The molecule has 0 aliphatic rings. The van der Waals surface area contributed by atoms with Gasteiger partial charge in [-0.2, -0.15) is 0 Å². The van der Waals surface area contributed by atoms with E-state index in [1.807, 2.05) is 7.05 Å². The second kappa shape index (κ2) is 6.59. The van der Waals surface area contributed by atoms with Gasteiger partial charge in [-0.05, 0) is 26.0 Å². The van der Waals surface area contributed by atoms with Crippen molar-refractivity contribution >= 4 is 0 Å². The number of likely N-dealkylation sites (N-methyl/N-ethyl adjacent to an activating group) is 1. The highest BCUT2D eigenvalue weighted by molar-refractivity contribution is 5.23. The Balaban J connectivity index is 2.65. The summed E-state index contributed by atoms with van der Waals surface area (Å²) in [6.45, 7) is 5.92. The fourth-order valence-corrected chi connectivity index (χ4v) is 1.50. The van der Waals surface area contributed by atoms with Gasteiger partial charge in [-0.3, -0.25) is 0 Å². The zero-order valence-electron chi connectivity index (χ0n) is 9.92. The van der Waals surface area contributed by atoms with Crippen molar-refractivity contribution < 1.29 is 4.74 Å². The van der Waals surface area contributed by atoms with Crippen molar-refractivity contribution in [2.24, 2.45) is 0 Å². The first-order chi connectivity index (χ1) is 7.27. The number of hydrogen-bond acceptors (Lipinski definition) is 2. The van der Waals surface area contributed by atoms with Crippen LogP contribution in [0.3, 0.4) is 0 Å². The molecular weight excluding hydrogens is 186 g/mol. The van der Waals surface area contributed by atoms with Gasteiger partial charge >= 0.3 is 0 Å². The maximum Gasteiger partial charge on any atom is 0.0949 e. The smallest absolute Gasteiger partial charge is 0.0949 e. The molecule has 1 rings (SSSR count). The van der Waals surface area contributed by atoms with Gasteiger partial charge in [0.15, 0.2) is 0 Å². The summed E-state index contributed by atoms with van der Waals surface area (Å²) in [6, 6.07) is 8.56. The molecule has 1 aromatic rings. The fourth-order valence-electron chi connectivity index (χ4n) is 1.50. The highest BCUT2D eigenvalue weighted by atomic mass is 16.5. The van der Waals surface area contributed by atoms with E-state index in [0.29, 0.717) is 0 Å². The standard InChI is InChI=1S/C13H21NO/c1-4-9-15-13(10-14-3)12-7-5-11(2)6-8-12/h5-8,13-14H,4,9-10H2,1-3H3. The Morgan fingerprint density at radius 1 is 1.27 bits per heavy atom. The SMILES string of the molecule is CCCOC(CNC)c1ccc(C)cc1. The number of ether oxygens (including phenoxy) is 1. The van der Waals surface area contributed by atoms with Crippen LogP contribution in [0.15, 0.2) is 24.3 Å². The number of aryl methyl sites for hydroxylation is 1. The second-order valence-electron chi connectivity index (χ2n) is 3.83. The van der Waals surface area contributed by atoms with Crippen LogP contribution in [0.25, 0.3) is 0 Å². The molecule has 0 saturated carbocycles. The summed E-state index contributed by atoms with van der Waals surface area (Å²) in [5.41, 5.74) is 2.54. The monoisotopic (exact) mass is 207 g/mol. The Labute approximate surface area is 92.6 Å². The fraction of sp³-hybridized carbons (Fsp3) is 0.538. The first kappa shape index (κ1) is 12.2. The van der Waals surface area contributed by atoms with Gasteiger partial charge in [0, 0.05) is 13.2 Å². The molecule has 2 nitrogen and oxygen atoms in total. The van der Waals surface area contributed by atoms with E-state index >= 15 is 0 Å². The van der Waals surface area contributed by atoms with E-state index in [1.54, 1.807) is 0 Å². The van der Waals surface area contributed by atoms with Gasteiger partial charge in [-0.15, -0.1) is 0 Å². The van der Waals surface area contributed by atoms with Crippen LogP contribution in [0.5, 0.6) is 0 Å². The number of benzene rings is 1. The highest BCUT2D eigenvalue weighted by Gasteiger charge is 2.09. The maximum absolute atomic E-state index is 5.80. The minimum absolute atomic E-state index is 0.176. The molecular formula is C13H21NO. The van der Waals surface area contributed by atoms with Gasteiger partial charge in [0.1, 0.15) is 0 Å². The molecule has 1 aromatic carbocycles. The van der Waals surface area contributed by atoms with Crippen LogP contribution >= 0.6 is 0 Å². The average Bonchev–Trinajstić information content (AvgIpc) is 2.25. The summed E-state index contributed by atoms with van der Waals surface area (Å²) in [5, 5.41) is 3.16. The Hall–Kier alpha value is -0.860. The van der Waals surface area contributed by atoms with Crippen LogP contribution in [0.2, 0.25) is 0 Å². The van der Waals surface area contributed by atoms with Crippen LogP contribution in [-0.4, -0.2) is 20.2 Å². The third-order valence-electron chi connectivity index (χ3n) is 2.36. The van der Waals surface area contributed by atoms with Crippen molar-refractivity contribution in [2.75, 3.05) is 20.2 Å². The summed E-state index contributed by atoms with van der Waals surface area (Å²) in [6.07, 6.45) is 1.24. The highest BCUT2D eigenvalue weighted by Crippen LogP contribution is 2.17. The van der Waals surface area contributed by atoms with E-state index in [-0.39, 0.29) is 6.10 Å². The van der Waals surface area contributed by atoms with Gasteiger partial charge in [0.05, 0.1) is 6.10 Å². The number of rotatable bonds is 6. The van der Waals surface area contributed by atoms with Crippen LogP contribution < -0.4 is 5.32 Å². The minimum atomic E-state index is 0.176. The lowest BCUT2D eigenvalue weighted by atomic mass is 10.1. The third kappa shape index (κ3) is 4.02. The largest absolute Gasteiger partial charge is 0.372 e. The lowest BCUT2D eigenvalue weighted by Crippen LogP contribution is -2.20. The molecule has 0 aromatic heterocycles. The summed E-state index contributed by atoms with van der Waals surface area (Å²) in [7, 11) is 1.95. The predicted molar refractivity (Wildman–Crippen MR) is 64.1 cm³/mol. The molecule has 0 bridgehead atoms. The lowest BCUT2D eigenvalue weighted by molar-refractivity contribution is 0.0543. The van der Waals surface area contributed by atoms with E-state index in [0.717, 1.165) is 19.6 Å². The van der Waals surface area contributed by atoms with Crippen molar-refractivity contribution in [3.8, 4) is 0 Å². The summed E-state index contributed by atoms with van der Waals surface area (Å²) >= 11 is 0. The Bertz CT molecular complexity index is 268. The summed E-state index contributed by atoms with van der Waals surface area (Å²) in [5.74, 6) is 0. The quantitative estimate of drug-likeness (QED) is 0.774. The molecule has 0 fully saturated rings. The van der Waals surface area contributed by atoms with E-state index in [2.05, 4.69) is 43.4 Å². The van der Waals surface area contributed by atoms with Crippen molar-refractivity contribution in [3.05, 3.63) is 35.4 Å². The lowest BCUT2D eigenvalue weighted by Gasteiger charge is -2.17. The Kier molecular flexibility index (Phi) is 5.37. The van der Waals surface area contributed by atoms with Crippen LogP contribution in [0, 0.1) is 6.92 Å². The van der Waals surface area contributed by atoms with E-state index in [9.17, 15) is 0 Å². The van der Waals surface area contributed by atoms with Gasteiger partial charge < -0.3 is 10.1 Å². The molecule has 1 atom stereocenters. The Morgan fingerprint density at radius 3 is 2.47 bits per heavy atom.